The SMILES string of the molecule is COC(=O)C1=C2C(Nc3cc(CO)cc4cccc(S)c34)CCCC2C2C(C(C)O)C(=O)N12. The van der Waals surface area contributed by atoms with Gasteiger partial charge < -0.3 is 25.2 Å². The summed E-state index contributed by atoms with van der Waals surface area (Å²) in [5.74, 6) is -1.26. The minimum absolute atomic E-state index is 0.00888. The van der Waals surface area contributed by atoms with Crippen LogP contribution in [0.1, 0.15) is 31.7 Å². The Balaban J connectivity index is 1.60. The van der Waals surface area contributed by atoms with E-state index in [0.717, 1.165) is 51.8 Å². The summed E-state index contributed by atoms with van der Waals surface area (Å²) in [5.41, 5.74) is 2.81. The monoisotopic (exact) mass is 468 g/mol. The van der Waals surface area contributed by atoms with Crippen molar-refractivity contribution in [1.29, 1.82) is 0 Å². The average Bonchev–Trinajstić information content (AvgIpc) is 3.09. The Morgan fingerprint density at radius 2 is 2.12 bits per heavy atom. The lowest BCUT2D eigenvalue weighted by atomic mass is 9.71. The van der Waals surface area contributed by atoms with Gasteiger partial charge in [0.25, 0.3) is 0 Å². The Bertz CT molecular complexity index is 1180. The van der Waals surface area contributed by atoms with Crippen LogP contribution in [0.25, 0.3) is 10.8 Å². The van der Waals surface area contributed by atoms with Crippen LogP contribution in [0.4, 0.5) is 5.69 Å². The lowest BCUT2D eigenvalue weighted by Gasteiger charge is -2.47. The molecule has 8 heteroatoms. The van der Waals surface area contributed by atoms with Gasteiger partial charge in [0.05, 0.1) is 37.8 Å². The first-order valence-electron chi connectivity index (χ1n) is 11.3. The number of carbonyl (C=O) groups excluding carboxylic acids is 2. The van der Waals surface area contributed by atoms with Crippen LogP contribution >= 0.6 is 12.6 Å². The van der Waals surface area contributed by atoms with Crippen LogP contribution in [0.15, 0.2) is 46.5 Å². The van der Waals surface area contributed by atoms with E-state index < -0.39 is 18.0 Å². The normalized spacial score (nSPS) is 27.2. The van der Waals surface area contributed by atoms with Crippen molar-refractivity contribution >= 4 is 41.0 Å². The zero-order valence-electron chi connectivity index (χ0n) is 18.6. The highest BCUT2D eigenvalue weighted by Gasteiger charge is 2.62. The van der Waals surface area contributed by atoms with E-state index in [1.165, 1.54) is 7.11 Å². The van der Waals surface area contributed by atoms with Crippen LogP contribution in [0.5, 0.6) is 0 Å². The second kappa shape index (κ2) is 8.34. The highest BCUT2D eigenvalue weighted by molar-refractivity contribution is 7.80. The molecule has 1 aliphatic carbocycles. The number of benzene rings is 2. The summed E-state index contributed by atoms with van der Waals surface area (Å²) in [5, 5.41) is 25.6. The average molecular weight is 469 g/mol. The third-order valence-corrected chi connectivity index (χ3v) is 7.70. The van der Waals surface area contributed by atoms with E-state index in [-0.39, 0.29) is 30.5 Å². The fourth-order valence-corrected chi connectivity index (χ4v) is 6.32. The smallest absolute Gasteiger partial charge is 0.354 e. The fourth-order valence-electron chi connectivity index (χ4n) is 5.98. The van der Waals surface area contributed by atoms with Gasteiger partial charge in [0.1, 0.15) is 5.70 Å². The Kier molecular flexibility index (Phi) is 5.63. The maximum Gasteiger partial charge on any atom is 0.354 e. The number of anilines is 1. The van der Waals surface area contributed by atoms with E-state index in [1.54, 1.807) is 11.8 Å². The standard InChI is InChI=1S/C25H28N2O5S/c1-12(29)19-22-15-6-4-7-16(21(15)23(25(31)32-2)27(22)24(19)30)26-17-10-13(11-28)9-14-5-3-8-18(33)20(14)17/h3,5,8-10,12,15-16,19,22,26,28-29,33H,4,6-7,11H2,1-2H3. The van der Waals surface area contributed by atoms with E-state index in [0.29, 0.717) is 5.70 Å². The topological polar surface area (TPSA) is 99.1 Å². The summed E-state index contributed by atoms with van der Waals surface area (Å²) < 4.78 is 5.08. The van der Waals surface area contributed by atoms with Crippen molar-refractivity contribution in [2.45, 2.75) is 55.9 Å². The molecule has 2 aromatic carbocycles. The molecule has 33 heavy (non-hydrogen) atoms. The molecule has 5 atom stereocenters. The number of hydrogen-bond donors (Lipinski definition) is 4. The molecule has 0 bridgehead atoms. The molecular formula is C25H28N2O5S. The molecule has 5 unspecified atom stereocenters. The predicted molar refractivity (Wildman–Crippen MR) is 127 cm³/mol. The Labute approximate surface area is 197 Å². The molecule has 2 heterocycles. The second-order valence-corrected chi connectivity index (χ2v) is 9.65. The van der Waals surface area contributed by atoms with Gasteiger partial charge in [0, 0.05) is 21.9 Å². The summed E-state index contributed by atoms with van der Waals surface area (Å²) >= 11 is 4.66. The predicted octanol–water partition coefficient (Wildman–Crippen LogP) is 2.85. The number of esters is 1. The first-order valence-corrected chi connectivity index (χ1v) is 11.8. The van der Waals surface area contributed by atoms with Crippen molar-refractivity contribution in [2.75, 3.05) is 12.4 Å². The van der Waals surface area contributed by atoms with Gasteiger partial charge in [-0.05, 0) is 54.5 Å². The summed E-state index contributed by atoms with van der Waals surface area (Å²) in [7, 11) is 1.32. The lowest BCUT2D eigenvalue weighted by molar-refractivity contribution is -0.164. The van der Waals surface area contributed by atoms with Crippen LogP contribution in [-0.2, 0) is 20.9 Å². The number of rotatable bonds is 5. The van der Waals surface area contributed by atoms with Crippen LogP contribution < -0.4 is 5.32 Å². The molecule has 3 N–H and O–H groups in total. The third kappa shape index (κ3) is 3.34. The number of ether oxygens (including phenoxy) is 1. The van der Waals surface area contributed by atoms with Crippen LogP contribution in [0.3, 0.4) is 0 Å². The van der Waals surface area contributed by atoms with Gasteiger partial charge in [0.2, 0.25) is 5.91 Å². The lowest BCUT2D eigenvalue weighted by Crippen LogP contribution is -2.64. The van der Waals surface area contributed by atoms with Gasteiger partial charge in [-0.1, -0.05) is 18.6 Å². The van der Waals surface area contributed by atoms with Gasteiger partial charge >= 0.3 is 5.97 Å². The molecule has 5 rings (SSSR count). The molecule has 1 amide bonds. The molecule has 1 saturated carbocycles. The van der Waals surface area contributed by atoms with Gasteiger partial charge in [-0.25, -0.2) is 4.79 Å². The van der Waals surface area contributed by atoms with Crippen LogP contribution in [-0.4, -0.2) is 52.3 Å². The number of aliphatic hydroxyl groups is 2. The number of carbonyl (C=O) groups is 2. The number of methoxy groups -OCH3 is 1. The van der Waals surface area contributed by atoms with Gasteiger partial charge in [-0.2, -0.15) is 0 Å². The molecule has 174 valence electrons. The Hall–Kier alpha value is -2.55. The van der Waals surface area contributed by atoms with E-state index >= 15 is 0 Å². The molecule has 2 aromatic rings. The highest BCUT2D eigenvalue weighted by Crippen LogP contribution is 2.53. The zero-order valence-corrected chi connectivity index (χ0v) is 19.5. The molecule has 2 fully saturated rings. The van der Waals surface area contributed by atoms with Gasteiger partial charge in [-0.3, -0.25) is 4.79 Å². The Morgan fingerprint density at radius 1 is 1.33 bits per heavy atom. The molecule has 1 saturated heterocycles. The van der Waals surface area contributed by atoms with Crippen molar-refractivity contribution in [1.82, 2.24) is 4.90 Å². The number of β-lactam (4-membered cyclic amide) rings is 1. The molecular weight excluding hydrogens is 440 g/mol. The number of thiol groups is 1. The van der Waals surface area contributed by atoms with Crippen LogP contribution in [0, 0.1) is 11.8 Å². The summed E-state index contributed by atoms with van der Waals surface area (Å²) in [4.78, 5) is 28.1. The molecule has 7 nitrogen and oxygen atoms in total. The van der Waals surface area contributed by atoms with E-state index in [4.69, 9.17) is 4.74 Å². The first-order chi connectivity index (χ1) is 15.9. The van der Waals surface area contributed by atoms with E-state index in [9.17, 15) is 19.8 Å². The molecule has 0 aromatic heterocycles. The molecule has 3 aliphatic rings. The molecule has 0 spiro atoms. The van der Waals surface area contributed by atoms with E-state index in [1.807, 2.05) is 30.3 Å². The maximum absolute atomic E-state index is 12.9. The van der Waals surface area contributed by atoms with Crippen molar-refractivity contribution in [3.63, 3.8) is 0 Å². The summed E-state index contributed by atoms with van der Waals surface area (Å²) in [6.45, 7) is 1.54. The molecule has 2 aliphatic heterocycles. The van der Waals surface area contributed by atoms with E-state index in [2.05, 4.69) is 17.9 Å². The number of aliphatic hydroxyl groups excluding tert-OH is 2. The third-order valence-electron chi connectivity index (χ3n) is 7.32. The van der Waals surface area contributed by atoms with Crippen LogP contribution in [0.2, 0.25) is 0 Å². The summed E-state index contributed by atoms with van der Waals surface area (Å²) in [6.07, 6.45) is 1.79. The number of nitrogens with zero attached hydrogens (tertiary/aromatic N) is 1. The minimum Gasteiger partial charge on any atom is -0.464 e. The van der Waals surface area contributed by atoms with Gasteiger partial charge in [-0.15, -0.1) is 12.6 Å². The number of hydrogen-bond acceptors (Lipinski definition) is 7. The zero-order chi connectivity index (χ0) is 23.4. The quantitative estimate of drug-likeness (QED) is 0.306. The maximum atomic E-state index is 12.9. The Morgan fingerprint density at radius 3 is 2.82 bits per heavy atom. The van der Waals surface area contributed by atoms with Crippen molar-refractivity contribution in [3.8, 4) is 0 Å². The minimum atomic E-state index is -0.776. The first kappa shape index (κ1) is 22.3. The van der Waals surface area contributed by atoms with Crippen molar-refractivity contribution in [2.24, 2.45) is 11.8 Å². The van der Waals surface area contributed by atoms with Crippen molar-refractivity contribution in [3.05, 3.63) is 47.2 Å². The van der Waals surface area contributed by atoms with Crippen molar-refractivity contribution < 1.29 is 24.5 Å². The number of nitrogens with one attached hydrogen (secondary N) is 1. The highest BCUT2D eigenvalue weighted by atomic mass is 32.1. The number of fused-ring (bicyclic) bond motifs is 4. The summed E-state index contributed by atoms with van der Waals surface area (Å²) in [6, 6.07) is 9.28. The fraction of sp³-hybridized carbons (Fsp3) is 0.440. The second-order valence-electron chi connectivity index (χ2n) is 9.17. The molecule has 0 radical (unpaired) electrons. The number of amides is 1. The largest absolute Gasteiger partial charge is 0.464 e. The van der Waals surface area contributed by atoms with Gasteiger partial charge in [0.15, 0.2) is 0 Å².